The summed E-state index contributed by atoms with van der Waals surface area (Å²) in [6.45, 7) is 2.94. The lowest BCUT2D eigenvalue weighted by molar-refractivity contribution is -0.129. The summed E-state index contributed by atoms with van der Waals surface area (Å²) < 4.78 is 15.7. The number of ketones is 1. The third-order valence-electron chi connectivity index (χ3n) is 19.7. The molecule has 2 bridgehead atoms. The number of aromatic amines is 1. The van der Waals surface area contributed by atoms with Gasteiger partial charge in [-0.2, -0.15) is 0 Å². The molecule has 3 aliphatic heterocycles. The maximum Gasteiger partial charge on any atom is 0.191 e. The van der Waals surface area contributed by atoms with Gasteiger partial charge in [0.15, 0.2) is 17.7 Å². The highest BCUT2D eigenvalue weighted by Gasteiger charge is 2.53. The molecule has 0 amide bonds. The number of aryl methyl sites for hydroxylation is 1. The van der Waals surface area contributed by atoms with Crippen molar-refractivity contribution in [2.75, 3.05) is 6.54 Å². The van der Waals surface area contributed by atoms with E-state index in [9.17, 15) is 25.2 Å². The number of phenols is 1. The first-order valence-corrected chi connectivity index (χ1v) is 28.4. The highest BCUT2D eigenvalue weighted by molar-refractivity contribution is 5.85. The quantitative estimate of drug-likeness (QED) is 0.0438. The minimum absolute atomic E-state index is 0.0129. The number of allylic oxidation sites excluding steroid dienone is 1. The van der Waals surface area contributed by atoms with E-state index in [-0.39, 0.29) is 47.6 Å². The van der Waals surface area contributed by atoms with Gasteiger partial charge in [0.2, 0.25) is 0 Å². The van der Waals surface area contributed by atoms with Crippen LogP contribution in [0.2, 0.25) is 0 Å². The van der Waals surface area contributed by atoms with Gasteiger partial charge in [-0.25, -0.2) is 0 Å². The largest absolute Gasteiger partial charge is 0.508 e. The van der Waals surface area contributed by atoms with Crippen molar-refractivity contribution in [2.45, 2.75) is 184 Å². The number of hydrogen-bond donors (Lipinski definition) is 7. The molecule has 3 saturated carbocycles. The Morgan fingerprint density at radius 1 is 0.932 bits per heavy atom. The van der Waals surface area contributed by atoms with Gasteiger partial charge >= 0.3 is 0 Å². The maximum atomic E-state index is 14.4. The van der Waals surface area contributed by atoms with Crippen LogP contribution in [0.4, 0.5) is 0 Å². The first-order valence-electron chi connectivity index (χ1n) is 28.4. The lowest BCUT2D eigenvalue weighted by Crippen LogP contribution is -2.45. The van der Waals surface area contributed by atoms with Gasteiger partial charge in [-0.3, -0.25) is 10.1 Å². The monoisotopic (exact) mass is 989 g/mol. The Hall–Kier alpha value is -5.01. The molecule has 11 heteroatoms. The van der Waals surface area contributed by atoms with Crippen molar-refractivity contribution in [2.24, 2.45) is 46.2 Å². The molecule has 0 saturated heterocycles. The second-order valence-electron chi connectivity index (χ2n) is 23.8. The number of phenolic OH excluding ortho intramolecular Hbond substituents is 1. The fourth-order valence-electron chi connectivity index (χ4n) is 15.9. The maximum absolute atomic E-state index is 14.4. The van der Waals surface area contributed by atoms with Crippen LogP contribution in [-0.2, 0) is 11.2 Å². The summed E-state index contributed by atoms with van der Waals surface area (Å²) in [7, 11) is 0. The number of aliphatic hydroxyl groups excluding tert-OH is 3. The zero-order chi connectivity index (χ0) is 50.0. The van der Waals surface area contributed by atoms with Crippen molar-refractivity contribution in [3.8, 4) is 41.1 Å². The topological polar surface area (TPSA) is 175 Å². The number of rotatable bonds is 11. The van der Waals surface area contributed by atoms with Crippen molar-refractivity contribution in [1.82, 2.24) is 14.9 Å². The number of aromatic nitrogens is 2. The number of H-pyrrole nitrogens is 1. The SMILES string of the molecule is CCCCC[C@H](C(=O)CCc1cc2c(cc1O)OC#CC1(CCCC1)[C@H]1C#C[C@@H](O)c3ccc4c5c3[C@H](c3c[nH]c6cn(cc36)[C@@H]1O2)C1(CCCC1)C[C@@H]5CN[C@@H]4N)[C@H](O)[C@H]1C=C[C@H](C2CCCCC2)C[C@H]1O. The highest BCUT2D eigenvalue weighted by Crippen LogP contribution is 2.64. The van der Waals surface area contributed by atoms with E-state index >= 15 is 0 Å². The van der Waals surface area contributed by atoms with Gasteiger partial charge in [-0.1, -0.05) is 113 Å². The molecule has 5 heterocycles. The zero-order valence-electron chi connectivity index (χ0n) is 42.7. The zero-order valence-corrected chi connectivity index (χ0v) is 42.7. The van der Waals surface area contributed by atoms with E-state index in [0.717, 1.165) is 92.8 Å². The molecule has 3 fully saturated rings. The lowest BCUT2D eigenvalue weighted by atomic mass is 9.55. The minimum atomic E-state index is -1.07. The van der Waals surface area contributed by atoms with Crippen LogP contribution >= 0.6 is 0 Å². The van der Waals surface area contributed by atoms with E-state index in [0.29, 0.717) is 41.9 Å². The summed E-state index contributed by atoms with van der Waals surface area (Å²) in [6, 6.07) is 7.53. The first kappa shape index (κ1) is 48.9. The fourth-order valence-corrected chi connectivity index (χ4v) is 15.9. The highest BCUT2D eigenvalue weighted by atomic mass is 16.5. The molecule has 386 valence electrons. The van der Waals surface area contributed by atoms with E-state index in [2.05, 4.69) is 82.5 Å². The van der Waals surface area contributed by atoms with Crippen molar-refractivity contribution >= 4 is 16.7 Å². The number of benzene rings is 2. The first-order chi connectivity index (χ1) is 35.5. The van der Waals surface area contributed by atoms with Gasteiger partial charge in [-0.15, -0.1) is 0 Å². The number of nitrogens with zero attached hydrogens (tertiary/aromatic N) is 1. The summed E-state index contributed by atoms with van der Waals surface area (Å²) in [5.74, 6) is 10.8. The summed E-state index contributed by atoms with van der Waals surface area (Å²) >= 11 is 0. The number of nitrogens with two attached hydrogens (primary N) is 1. The van der Waals surface area contributed by atoms with Gasteiger partial charge in [-0.05, 0) is 127 Å². The number of nitrogens with one attached hydrogen (secondary N) is 2. The Kier molecular flexibility index (Phi) is 13.3. The third-order valence-corrected chi connectivity index (χ3v) is 19.7. The standard InChI is InChI=1S/C62H76N4O7/c1-2-3-5-14-42(58(71)43-17-15-38(29-52(43)70)37-12-6-4-7-13-37)50(68)21-16-39-30-54-53(31-51(39)69)72-28-27-61(23-8-9-24-61)47-20-22-49(67)41-18-19-44-55-40(33-65-59(44)63)32-62(25-10-11-26-62)57(56(41)55)45-34-64-48-36-66(35-46(45)48)60(47)73-54/h15,17-19,30-31,34-38,40,42-43,47,49,52,57-60,64-65,67,69-71H,2-14,16,21,23-26,29,32-33,63H2,1H3/t38-,40+,42+,43-,47-,49+,52+,57-,58-,59-,60+/m0/s1. The van der Waals surface area contributed by atoms with E-state index in [4.69, 9.17) is 15.2 Å². The van der Waals surface area contributed by atoms with Crippen molar-refractivity contribution in [3.63, 3.8) is 0 Å². The predicted molar refractivity (Wildman–Crippen MR) is 281 cm³/mol. The molecule has 2 aromatic carbocycles. The molecule has 2 aromatic heterocycles. The van der Waals surface area contributed by atoms with E-state index in [1.54, 1.807) is 12.1 Å². The number of carbonyl (C=O) groups excluding carboxylic acids is 1. The van der Waals surface area contributed by atoms with Crippen LogP contribution in [0, 0.1) is 64.3 Å². The van der Waals surface area contributed by atoms with Crippen LogP contribution in [0.25, 0.3) is 10.9 Å². The Labute approximate surface area is 431 Å². The van der Waals surface area contributed by atoms with Gasteiger partial charge < -0.3 is 45.2 Å². The van der Waals surface area contributed by atoms with Gasteiger partial charge in [0.25, 0.3) is 0 Å². The molecule has 8 aliphatic rings. The second-order valence-corrected chi connectivity index (χ2v) is 23.8. The third kappa shape index (κ3) is 8.73. The van der Waals surface area contributed by atoms with Gasteiger partial charge in [0.05, 0.1) is 35.2 Å². The van der Waals surface area contributed by atoms with Gasteiger partial charge in [0, 0.05) is 60.8 Å². The Bertz CT molecular complexity index is 2870. The Balaban J connectivity index is 0.894. The fraction of sp³-hybridized carbons (Fsp3) is 0.597. The molecule has 2 spiro atoms. The number of ether oxygens (including phenoxy) is 2. The van der Waals surface area contributed by atoms with E-state index in [1.807, 2.05) is 6.08 Å². The lowest BCUT2D eigenvalue weighted by Gasteiger charge is -2.50. The number of aliphatic hydroxyl groups is 3. The molecule has 0 unspecified atom stereocenters. The summed E-state index contributed by atoms with van der Waals surface area (Å²) in [4.78, 5) is 18.1. The van der Waals surface area contributed by atoms with Crippen molar-refractivity contribution in [3.05, 3.63) is 88.4 Å². The molecule has 0 radical (unpaired) electrons. The van der Waals surface area contributed by atoms with Crippen LogP contribution in [-0.4, -0.2) is 54.5 Å². The Morgan fingerprint density at radius 2 is 1.73 bits per heavy atom. The van der Waals surface area contributed by atoms with Crippen molar-refractivity contribution < 1.29 is 34.7 Å². The van der Waals surface area contributed by atoms with Crippen LogP contribution in [0.3, 0.4) is 0 Å². The molecule has 5 aliphatic carbocycles. The number of carbonyl (C=O) groups is 1. The van der Waals surface area contributed by atoms with Crippen LogP contribution < -0.4 is 20.5 Å². The summed E-state index contributed by atoms with van der Waals surface area (Å²) in [6.07, 6.45) is 29.5. The molecule has 11 nitrogen and oxygen atoms in total. The van der Waals surface area contributed by atoms with Crippen molar-refractivity contribution in [1.29, 1.82) is 0 Å². The second kappa shape index (κ2) is 19.9. The average molecular weight is 989 g/mol. The molecule has 73 heavy (non-hydrogen) atoms. The number of unbranched alkanes of at least 4 members (excludes halogenated alkanes) is 2. The smallest absolute Gasteiger partial charge is 0.191 e. The Morgan fingerprint density at radius 3 is 2.52 bits per heavy atom. The number of hydrogen-bond acceptors (Lipinski definition) is 9. The molecule has 8 N–H and O–H groups in total. The molecular formula is C62H76N4O7. The number of aromatic hydroxyl groups is 1. The molecule has 12 rings (SSSR count). The summed E-state index contributed by atoms with van der Waals surface area (Å²) in [5.41, 5.74) is 13.4. The minimum Gasteiger partial charge on any atom is -0.508 e. The van der Waals surface area contributed by atoms with Crippen LogP contribution in [0.15, 0.2) is 55.0 Å². The predicted octanol–water partition coefficient (Wildman–Crippen LogP) is 10.8. The summed E-state index contributed by atoms with van der Waals surface area (Å²) in [5, 5.41) is 52.5. The average Bonchev–Trinajstić information content (AvgIpc) is 4.23. The molecule has 4 aromatic rings. The number of Topliss-reactive ketones (excluding diaryl/α,β-unsaturated/α-hetero) is 1. The molecule has 11 atom stereocenters. The van der Waals surface area contributed by atoms with E-state index in [1.165, 1.54) is 61.6 Å². The normalized spacial score (nSPS) is 30.4. The molecular weight excluding hydrogens is 913 g/mol. The van der Waals surface area contributed by atoms with E-state index < -0.39 is 47.7 Å². The van der Waals surface area contributed by atoms with Crippen LogP contribution in [0.1, 0.15) is 199 Å². The number of fused-ring (bicyclic) bond motifs is 7. The van der Waals surface area contributed by atoms with Gasteiger partial charge in [0.1, 0.15) is 23.7 Å². The van der Waals surface area contributed by atoms with Crippen LogP contribution in [0.5, 0.6) is 17.2 Å².